The van der Waals surface area contributed by atoms with Crippen molar-refractivity contribution in [2.75, 3.05) is 5.32 Å². The highest BCUT2D eigenvalue weighted by Crippen LogP contribution is 2.24. The van der Waals surface area contributed by atoms with E-state index >= 15 is 0 Å². The van der Waals surface area contributed by atoms with E-state index in [-0.39, 0.29) is 5.43 Å². The summed E-state index contributed by atoms with van der Waals surface area (Å²) in [4.78, 5) is 12.7. The molecule has 0 aliphatic carbocycles. The Kier molecular flexibility index (Phi) is 5.40. The summed E-state index contributed by atoms with van der Waals surface area (Å²) in [5, 5.41) is 21.4. The third kappa shape index (κ3) is 4.36. The van der Waals surface area contributed by atoms with Gasteiger partial charge in [0.1, 0.15) is 17.0 Å². The summed E-state index contributed by atoms with van der Waals surface area (Å²) in [5.41, 5.74) is 4.34. The van der Waals surface area contributed by atoms with Crippen molar-refractivity contribution >= 4 is 16.7 Å². The van der Waals surface area contributed by atoms with Crippen LogP contribution in [0, 0.1) is 11.3 Å². The lowest BCUT2D eigenvalue weighted by molar-refractivity contribution is 0.619. The van der Waals surface area contributed by atoms with E-state index in [0.29, 0.717) is 35.4 Å². The molecule has 5 rings (SSSR count). The highest BCUT2D eigenvalue weighted by molar-refractivity contribution is 5.82. The van der Waals surface area contributed by atoms with E-state index in [0.717, 1.165) is 22.5 Å². The van der Waals surface area contributed by atoms with Crippen LogP contribution in [-0.4, -0.2) is 15.0 Å². The summed E-state index contributed by atoms with van der Waals surface area (Å²) in [6, 6.07) is 26.1. The molecule has 7 heteroatoms. The topological polar surface area (TPSA) is 96.7 Å². The van der Waals surface area contributed by atoms with Crippen molar-refractivity contribution in [1.29, 1.82) is 5.26 Å². The van der Waals surface area contributed by atoms with Crippen LogP contribution < -0.4 is 10.7 Å². The SMILES string of the molecule is N#Cc1ccccc1Cn1cc(CNc2ccc3oc(-c4ccccc4)cc(=O)c3c2)nn1. The molecule has 0 radical (unpaired) electrons. The average molecular weight is 433 g/mol. The number of nitrogens with one attached hydrogen (secondary N) is 1. The third-order valence-corrected chi connectivity index (χ3v) is 5.32. The summed E-state index contributed by atoms with van der Waals surface area (Å²) >= 11 is 0. The minimum absolute atomic E-state index is 0.0964. The fourth-order valence-corrected chi connectivity index (χ4v) is 3.64. The lowest BCUT2D eigenvalue weighted by atomic mass is 10.1. The van der Waals surface area contributed by atoms with Crippen molar-refractivity contribution in [3.05, 3.63) is 112 Å². The summed E-state index contributed by atoms with van der Waals surface area (Å²) in [6.07, 6.45) is 1.84. The van der Waals surface area contributed by atoms with Crippen LogP contribution in [0.3, 0.4) is 0 Å². The Balaban J connectivity index is 1.31. The van der Waals surface area contributed by atoms with Gasteiger partial charge < -0.3 is 9.73 Å². The molecule has 2 aromatic heterocycles. The highest BCUT2D eigenvalue weighted by Gasteiger charge is 2.09. The minimum Gasteiger partial charge on any atom is -0.456 e. The van der Waals surface area contributed by atoms with Crippen molar-refractivity contribution in [2.45, 2.75) is 13.1 Å². The number of rotatable bonds is 6. The predicted molar refractivity (Wildman–Crippen MR) is 126 cm³/mol. The van der Waals surface area contributed by atoms with Crippen LogP contribution in [-0.2, 0) is 13.1 Å². The molecule has 0 saturated heterocycles. The number of benzene rings is 3. The average Bonchev–Trinajstić information content (AvgIpc) is 3.31. The van der Waals surface area contributed by atoms with Crippen molar-refractivity contribution in [2.24, 2.45) is 0 Å². The molecule has 2 heterocycles. The maximum atomic E-state index is 12.7. The normalized spacial score (nSPS) is 10.8. The molecule has 0 atom stereocenters. The minimum atomic E-state index is -0.0964. The second-order valence-corrected chi connectivity index (χ2v) is 7.58. The van der Waals surface area contributed by atoms with Gasteiger partial charge in [-0.2, -0.15) is 5.26 Å². The Bertz CT molecular complexity index is 1530. The Hall–Kier alpha value is -4.70. The van der Waals surface area contributed by atoms with Crippen LogP contribution in [0.5, 0.6) is 0 Å². The van der Waals surface area contributed by atoms with Gasteiger partial charge in [-0.15, -0.1) is 5.10 Å². The zero-order valence-electron chi connectivity index (χ0n) is 17.6. The molecule has 0 bridgehead atoms. The van der Waals surface area contributed by atoms with Gasteiger partial charge in [0.2, 0.25) is 0 Å². The standard InChI is InChI=1S/C26H19N5O2/c27-14-19-8-4-5-9-20(19)16-31-17-22(29-30-31)15-28-21-10-11-25-23(12-21)24(32)13-26(33-25)18-6-2-1-3-7-18/h1-13,17,28H,15-16H2. The molecule has 5 aromatic rings. The van der Waals surface area contributed by atoms with Gasteiger partial charge in [0, 0.05) is 17.3 Å². The molecule has 33 heavy (non-hydrogen) atoms. The molecule has 0 saturated carbocycles. The third-order valence-electron chi connectivity index (χ3n) is 5.32. The second-order valence-electron chi connectivity index (χ2n) is 7.58. The van der Waals surface area contributed by atoms with E-state index in [9.17, 15) is 10.1 Å². The summed E-state index contributed by atoms with van der Waals surface area (Å²) in [5.74, 6) is 0.545. The van der Waals surface area contributed by atoms with E-state index in [1.807, 2.05) is 60.8 Å². The molecular weight excluding hydrogens is 414 g/mol. The van der Waals surface area contributed by atoms with Crippen molar-refractivity contribution in [1.82, 2.24) is 15.0 Å². The molecule has 0 unspecified atom stereocenters. The fourth-order valence-electron chi connectivity index (χ4n) is 3.64. The first-order chi connectivity index (χ1) is 16.2. The molecule has 0 fully saturated rings. The summed E-state index contributed by atoms with van der Waals surface area (Å²) < 4.78 is 7.65. The van der Waals surface area contributed by atoms with E-state index < -0.39 is 0 Å². The lowest BCUT2D eigenvalue weighted by Crippen LogP contribution is -2.04. The van der Waals surface area contributed by atoms with Gasteiger partial charge in [0.25, 0.3) is 0 Å². The number of nitrogens with zero attached hydrogens (tertiary/aromatic N) is 4. The van der Waals surface area contributed by atoms with Crippen LogP contribution >= 0.6 is 0 Å². The van der Waals surface area contributed by atoms with Crippen molar-refractivity contribution in [3.63, 3.8) is 0 Å². The van der Waals surface area contributed by atoms with Crippen molar-refractivity contribution in [3.8, 4) is 17.4 Å². The van der Waals surface area contributed by atoms with Gasteiger partial charge in [0.05, 0.1) is 36.3 Å². The molecule has 3 aromatic carbocycles. The Labute approximate surface area is 189 Å². The molecule has 0 aliphatic rings. The zero-order valence-corrected chi connectivity index (χ0v) is 17.6. The summed E-state index contributed by atoms with van der Waals surface area (Å²) in [7, 11) is 0. The monoisotopic (exact) mass is 433 g/mol. The van der Waals surface area contributed by atoms with Crippen LogP contribution in [0.2, 0.25) is 0 Å². The van der Waals surface area contributed by atoms with Gasteiger partial charge in [0.15, 0.2) is 5.43 Å². The van der Waals surface area contributed by atoms with Crippen molar-refractivity contribution < 1.29 is 4.42 Å². The maximum absolute atomic E-state index is 12.7. The molecule has 160 valence electrons. The summed E-state index contributed by atoms with van der Waals surface area (Å²) in [6.45, 7) is 0.913. The maximum Gasteiger partial charge on any atom is 0.193 e. The second kappa shape index (κ2) is 8.81. The Morgan fingerprint density at radius 2 is 1.82 bits per heavy atom. The molecule has 0 amide bonds. The van der Waals surface area contributed by atoms with Gasteiger partial charge >= 0.3 is 0 Å². The largest absolute Gasteiger partial charge is 0.456 e. The number of aromatic nitrogens is 3. The van der Waals surface area contributed by atoms with Gasteiger partial charge in [-0.05, 0) is 29.8 Å². The van der Waals surface area contributed by atoms with Crippen LogP contribution in [0.4, 0.5) is 5.69 Å². The predicted octanol–water partition coefficient (Wildman–Crippen LogP) is 4.58. The first kappa shape index (κ1) is 20.2. The highest BCUT2D eigenvalue weighted by atomic mass is 16.3. The van der Waals surface area contributed by atoms with E-state index in [1.165, 1.54) is 6.07 Å². The number of nitriles is 1. The quantitative estimate of drug-likeness (QED) is 0.421. The molecule has 0 aliphatic heterocycles. The Morgan fingerprint density at radius 1 is 1.00 bits per heavy atom. The van der Waals surface area contributed by atoms with Crippen LogP contribution in [0.25, 0.3) is 22.3 Å². The fraction of sp³-hybridized carbons (Fsp3) is 0.0769. The molecular formula is C26H19N5O2. The van der Waals surface area contributed by atoms with Crippen LogP contribution in [0.15, 0.2) is 94.3 Å². The number of hydrogen-bond acceptors (Lipinski definition) is 6. The molecule has 1 N–H and O–H groups in total. The molecule has 0 spiro atoms. The van der Waals surface area contributed by atoms with Crippen LogP contribution in [0.1, 0.15) is 16.8 Å². The number of hydrogen-bond donors (Lipinski definition) is 1. The van der Waals surface area contributed by atoms with Gasteiger partial charge in [-0.25, -0.2) is 4.68 Å². The smallest absolute Gasteiger partial charge is 0.193 e. The van der Waals surface area contributed by atoms with E-state index in [2.05, 4.69) is 21.7 Å². The van der Waals surface area contributed by atoms with Gasteiger partial charge in [-0.3, -0.25) is 4.79 Å². The first-order valence-electron chi connectivity index (χ1n) is 10.4. The Morgan fingerprint density at radius 3 is 2.67 bits per heavy atom. The van der Waals surface area contributed by atoms with E-state index in [1.54, 1.807) is 22.9 Å². The first-order valence-corrected chi connectivity index (χ1v) is 10.4. The molecule has 7 nitrogen and oxygen atoms in total. The zero-order chi connectivity index (χ0) is 22.6. The number of fused-ring (bicyclic) bond motifs is 1. The van der Waals surface area contributed by atoms with E-state index in [4.69, 9.17) is 4.42 Å². The lowest BCUT2D eigenvalue weighted by Gasteiger charge is -2.07. The number of anilines is 1. The van der Waals surface area contributed by atoms with Gasteiger partial charge in [-0.1, -0.05) is 53.7 Å².